The van der Waals surface area contributed by atoms with Crippen LogP contribution in [0.2, 0.25) is 0 Å². The van der Waals surface area contributed by atoms with Gasteiger partial charge in [0.2, 0.25) is 0 Å². The maximum atomic E-state index is 14.0. The molecule has 1 aromatic carbocycles. The van der Waals surface area contributed by atoms with Crippen LogP contribution in [0.1, 0.15) is 25.5 Å². The standard InChI is InChI=1S/C16H21FN4/c1-2-14-16(20-9-7-12(18)8-10-20)11-19-21(14)15-6-4-3-5-13(15)17/h3-6,11-12H,2,7-10,18H2,1H3. The molecule has 3 rings (SSSR count). The molecule has 2 N–H and O–H groups in total. The Labute approximate surface area is 124 Å². The van der Waals surface area contributed by atoms with Gasteiger partial charge in [-0.25, -0.2) is 9.07 Å². The molecular formula is C16H21FN4. The molecule has 2 aromatic rings. The second-order valence-electron chi connectivity index (χ2n) is 5.52. The van der Waals surface area contributed by atoms with Crippen molar-refractivity contribution >= 4 is 5.69 Å². The van der Waals surface area contributed by atoms with Crippen LogP contribution in [0.25, 0.3) is 5.69 Å². The van der Waals surface area contributed by atoms with E-state index >= 15 is 0 Å². The predicted octanol–water partition coefficient (Wildman–Crippen LogP) is 2.50. The molecule has 1 aliphatic heterocycles. The molecule has 0 atom stereocenters. The number of nitrogens with two attached hydrogens (primary N) is 1. The first-order chi connectivity index (χ1) is 10.2. The molecule has 0 amide bonds. The first kappa shape index (κ1) is 14.1. The predicted molar refractivity (Wildman–Crippen MR) is 82.3 cm³/mol. The SMILES string of the molecule is CCc1c(N2CCC(N)CC2)cnn1-c1ccccc1F. The van der Waals surface area contributed by atoms with Crippen molar-refractivity contribution in [3.63, 3.8) is 0 Å². The molecule has 5 heteroatoms. The van der Waals surface area contributed by atoms with Gasteiger partial charge < -0.3 is 10.6 Å². The number of hydrogen-bond acceptors (Lipinski definition) is 3. The van der Waals surface area contributed by atoms with Crippen LogP contribution in [0.4, 0.5) is 10.1 Å². The first-order valence-corrected chi connectivity index (χ1v) is 7.53. The number of piperidine rings is 1. The molecule has 0 unspecified atom stereocenters. The van der Waals surface area contributed by atoms with Gasteiger partial charge in [0.25, 0.3) is 0 Å². The highest BCUT2D eigenvalue weighted by molar-refractivity contribution is 5.53. The molecule has 1 aromatic heterocycles. The lowest BCUT2D eigenvalue weighted by atomic mass is 10.1. The van der Waals surface area contributed by atoms with E-state index in [0.717, 1.165) is 43.7 Å². The van der Waals surface area contributed by atoms with Gasteiger partial charge in [-0.05, 0) is 31.4 Å². The van der Waals surface area contributed by atoms with Gasteiger partial charge in [-0.1, -0.05) is 19.1 Å². The molecule has 0 bridgehead atoms. The fraction of sp³-hybridized carbons (Fsp3) is 0.438. The van der Waals surface area contributed by atoms with Crippen LogP contribution in [-0.4, -0.2) is 28.9 Å². The lowest BCUT2D eigenvalue weighted by Crippen LogP contribution is -2.39. The molecule has 0 saturated carbocycles. The van der Waals surface area contributed by atoms with Gasteiger partial charge in [0.05, 0.1) is 17.6 Å². The van der Waals surface area contributed by atoms with E-state index in [-0.39, 0.29) is 5.82 Å². The Morgan fingerprint density at radius 1 is 1.24 bits per heavy atom. The maximum absolute atomic E-state index is 14.0. The number of aromatic nitrogens is 2. The Kier molecular flexibility index (Phi) is 3.92. The molecule has 1 aliphatic rings. The van der Waals surface area contributed by atoms with E-state index in [2.05, 4.69) is 16.9 Å². The van der Waals surface area contributed by atoms with Crippen molar-refractivity contribution in [1.82, 2.24) is 9.78 Å². The molecule has 1 fully saturated rings. The van der Waals surface area contributed by atoms with Crippen molar-refractivity contribution in [2.45, 2.75) is 32.2 Å². The van der Waals surface area contributed by atoms with Crippen LogP contribution in [0.3, 0.4) is 0 Å². The Morgan fingerprint density at radius 3 is 2.62 bits per heavy atom. The van der Waals surface area contributed by atoms with E-state index in [9.17, 15) is 4.39 Å². The summed E-state index contributed by atoms with van der Waals surface area (Å²) in [5, 5.41) is 4.42. The van der Waals surface area contributed by atoms with Crippen LogP contribution in [0, 0.1) is 5.82 Å². The largest absolute Gasteiger partial charge is 0.369 e. The highest BCUT2D eigenvalue weighted by Crippen LogP contribution is 2.27. The van der Waals surface area contributed by atoms with Crippen LogP contribution >= 0.6 is 0 Å². The summed E-state index contributed by atoms with van der Waals surface area (Å²) in [7, 11) is 0. The van der Waals surface area contributed by atoms with Crippen LogP contribution < -0.4 is 10.6 Å². The molecular weight excluding hydrogens is 267 g/mol. The second-order valence-corrected chi connectivity index (χ2v) is 5.52. The smallest absolute Gasteiger partial charge is 0.148 e. The van der Waals surface area contributed by atoms with Gasteiger partial charge in [0.1, 0.15) is 11.5 Å². The Balaban J connectivity index is 1.96. The monoisotopic (exact) mass is 288 g/mol. The molecule has 2 heterocycles. The minimum atomic E-state index is -0.248. The number of nitrogens with zero attached hydrogens (tertiary/aromatic N) is 3. The maximum Gasteiger partial charge on any atom is 0.148 e. The summed E-state index contributed by atoms with van der Waals surface area (Å²) in [6.45, 7) is 3.96. The highest BCUT2D eigenvalue weighted by atomic mass is 19.1. The summed E-state index contributed by atoms with van der Waals surface area (Å²) in [6, 6.07) is 7.06. The van der Waals surface area contributed by atoms with Crippen LogP contribution in [0.5, 0.6) is 0 Å². The molecule has 0 spiro atoms. The van der Waals surface area contributed by atoms with Gasteiger partial charge >= 0.3 is 0 Å². The van der Waals surface area contributed by atoms with Gasteiger partial charge in [0.15, 0.2) is 0 Å². The van der Waals surface area contributed by atoms with E-state index in [1.165, 1.54) is 6.07 Å². The van der Waals surface area contributed by atoms with Crippen molar-refractivity contribution in [2.24, 2.45) is 5.73 Å². The molecule has 0 radical (unpaired) electrons. The van der Waals surface area contributed by atoms with Crippen LogP contribution in [0.15, 0.2) is 30.5 Å². The normalized spacial score (nSPS) is 16.4. The summed E-state index contributed by atoms with van der Waals surface area (Å²) >= 11 is 0. The van der Waals surface area contributed by atoms with E-state index in [1.54, 1.807) is 16.8 Å². The zero-order valence-electron chi connectivity index (χ0n) is 12.3. The average Bonchev–Trinajstić information content (AvgIpc) is 2.92. The minimum Gasteiger partial charge on any atom is -0.369 e. The van der Waals surface area contributed by atoms with Gasteiger partial charge in [-0.3, -0.25) is 0 Å². The van der Waals surface area contributed by atoms with Gasteiger partial charge in [-0.2, -0.15) is 5.10 Å². The summed E-state index contributed by atoms with van der Waals surface area (Å²) in [4.78, 5) is 2.31. The summed E-state index contributed by atoms with van der Waals surface area (Å²) in [6.07, 6.45) is 4.65. The van der Waals surface area contributed by atoms with Crippen LogP contribution in [-0.2, 0) is 6.42 Å². The fourth-order valence-corrected chi connectivity index (χ4v) is 2.93. The lowest BCUT2D eigenvalue weighted by Gasteiger charge is -2.31. The van der Waals surface area contributed by atoms with Crippen molar-refractivity contribution in [3.05, 3.63) is 42.0 Å². The third kappa shape index (κ3) is 2.65. The Hall–Kier alpha value is -1.88. The summed E-state index contributed by atoms with van der Waals surface area (Å²) in [5.41, 5.74) is 8.63. The van der Waals surface area contributed by atoms with Crippen molar-refractivity contribution in [3.8, 4) is 5.69 Å². The van der Waals surface area contributed by atoms with E-state index in [4.69, 9.17) is 5.73 Å². The third-order valence-corrected chi connectivity index (χ3v) is 4.14. The molecule has 1 saturated heterocycles. The van der Waals surface area contributed by atoms with E-state index in [0.29, 0.717) is 11.7 Å². The van der Waals surface area contributed by atoms with E-state index < -0.39 is 0 Å². The highest BCUT2D eigenvalue weighted by Gasteiger charge is 2.22. The van der Waals surface area contributed by atoms with Crippen molar-refractivity contribution in [2.75, 3.05) is 18.0 Å². The first-order valence-electron chi connectivity index (χ1n) is 7.53. The Bertz CT molecular complexity index is 614. The number of rotatable bonds is 3. The number of benzene rings is 1. The fourth-order valence-electron chi connectivity index (χ4n) is 2.93. The molecule has 0 aliphatic carbocycles. The molecule has 4 nitrogen and oxygen atoms in total. The minimum absolute atomic E-state index is 0.248. The number of halogens is 1. The van der Waals surface area contributed by atoms with Crippen molar-refractivity contribution < 1.29 is 4.39 Å². The van der Waals surface area contributed by atoms with Crippen molar-refractivity contribution in [1.29, 1.82) is 0 Å². The quantitative estimate of drug-likeness (QED) is 0.944. The summed E-state index contributed by atoms with van der Waals surface area (Å²) in [5.74, 6) is -0.248. The second kappa shape index (κ2) is 5.85. The third-order valence-electron chi connectivity index (χ3n) is 4.14. The Morgan fingerprint density at radius 2 is 1.95 bits per heavy atom. The molecule has 21 heavy (non-hydrogen) atoms. The van der Waals surface area contributed by atoms with Gasteiger partial charge in [0, 0.05) is 19.1 Å². The average molecular weight is 288 g/mol. The van der Waals surface area contributed by atoms with E-state index in [1.807, 2.05) is 12.3 Å². The topological polar surface area (TPSA) is 47.1 Å². The summed E-state index contributed by atoms with van der Waals surface area (Å²) < 4.78 is 15.7. The number of anilines is 1. The zero-order chi connectivity index (χ0) is 14.8. The zero-order valence-corrected chi connectivity index (χ0v) is 12.3. The van der Waals surface area contributed by atoms with Gasteiger partial charge in [-0.15, -0.1) is 0 Å². The lowest BCUT2D eigenvalue weighted by molar-refractivity contribution is 0.500. The number of hydrogen-bond donors (Lipinski definition) is 1. The number of para-hydroxylation sites is 1. The molecule has 112 valence electrons.